The number of carbonyl (C=O) groups is 1. The Kier molecular flexibility index (Phi) is 10.2. The second kappa shape index (κ2) is 12.4. The van der Waals surface area contributed by atoms with E-state index in [0.717, 1.165) is 37.4 Å². The Labute approximate surface area is 167 Å². The minimum Gasteiger partial charge on any atom is -0.355 e. The van der Waals surface area contributed by atoms with E-state index in [1.165, 1.54) is 32.1 Å². The molecule has 2 aliphatic carbocycles. The van der Waals surface area contributed by atoms with Gasteiger partial charge in [-0.15, -0.1) is 0 Å². The summed E-state index contributed by atoms with van der Waals surface area (Å²) in [5.41, 5.74) is 0. The molecule has 2 aliphatic rings. The molecule has 0 aromatic heterocycles. The van der Waals surface area contributed by atoms with Crippen molar-refractivity contribution in [3.8, 4) is 0 Å². The van der Waals surface area contributed by atoms with Crippen molar-refractivity contribution in [3.05, 3.63) is 0 Å². The standard InChI is InChI=1S/C20H38N4O2S/c1-3-27(26)18-11-7-10-17(15-18)24-20(21-2)23-13-12-22-19(25)14-16-8-5-4-6-9-16/h16-18H,3-15H2,1-2H3,(H,22,25)(H2,21,23,24). The summed E-state index contributed by atoms with van der Waals surface area (Å²) in [6, 6.07) is 0.325. The number of nitrogens with zero attached hydrogens (tertiary/aromatic N) is 1. The van der Waals surface area contributed by atoms with Crippen LogP contribution in [0.2, 0.25) is 0 Å². The van der Waals surface area contributed by atoms with Crippen LogP contribution in [0.25, 0.3) is 0 Å². The molecular formula is C20H38N4O2S. The van der Waals surface area contributed by atoms with Gasteiger partial charge in [-0.2, -0.15) is 0 Å². The topological polar surface area (TPSA) is 82.6 Å². The van der Waals surface area contributed by atoms with E-state index >= 15 is 0 Å². The van der Waals surface area contributed by atoms with E-state index in [2.05, 4.69) is 20.9 Å². The number of hydrogen-bond donors (Lipinski definition) is 3. The summed E-state index contributed by atoms with van der Waals surface area (Å²) >= 11 is 0. The molecule has 2 fully saturated rings. The molecule has 0 aromatic rings. The summed E-state index contributed by atoms with van der Waals surface area (Å²) in [6.07, 6.45) is 11.2. The van der Waals surface area contributed by atoms with Crippen LogP contribution in [-0.2, 0) is 15.6 Å². The zero-order valence-corrected chi connectivity index (χ0v) is 17.9. The molecule has 0 bridgehead atoms. The van der Waals surface area contributed by atoms with Crippen molar-refractivity contribution < 1.29 is 9.00 Å². The maximum Gasteiger partial charge on any atom is 0.220 e. The Morgan fingerprint density at radius 1 is 1.04 bits per heavy atom. The number of hydrogen-bond acceptors (Lipinski definition) is 3. The van der Waals surface area contributed by atoms with E-state index in [9.17, 15) is 9.00 Å². The Balaban J connectivity index is 1.62. The highest BCUT2D eigenvalue weighted by molar-refractivity contribution is 7.85. The molecule has 2 saturated carbocycles. The van der Waals surface area contributed by atoms with Crippen molar-refractivity contribution in [2.45, 2.75) is 82.4 Å². The number of amides is 1. The highest BCUT2D eigenvalue weighted by Crippen LogP contribution is 2.26. The van der Waals surface area contributed by atoms with Gasteiger partial charge in [-0.3, -0.25) is 14.0 Å². The van der Waals surface area contributed by atoms with Gasteiger partial charge in [0.1, 0.15) is 0 Å². The Hall–Kier alpha value is -1.11. The Morgan fingerprint density at radius 2 is 1.78 bits per heavy atom. The van der Waals surface area contributed by atoms with E-state index in [1.807, 2.05) is 6.92 Å². The van der Waals surface area contributed by atoms with E-state index in [4.69, 9.17) is 0 Å². The van der Waals surface area contributed by atoms with Crippen LogP contribution in [0.4, 0.5) is 0 Å². The third-order valence-electron chi connectivity index (χ3n) is 5.79. The summed E-state index contributed by atoms with van der Waals surface area (Å²) in [4.78, 5) is 16.3. The molecule has 156 valence electrons. The molecule has 0 aromatic carbocycles. The van der Waals surface area contributed by atoms with Crippen molar-refractivity contribution in [2.24, 2.45) is 10.9 Å². The maximum absolute atomic E-state index is 12.1. The fraction of sp³-hybridized carbons (Fsp3) is 0.900. The predicted octanol–water partition coefficient (Wildman–Crippen LogP) is 2.32. The average Bonchev–Trinajstić information content (AvgIpc) is 2.70. The summed E-state index contributed by atoms with van der Waals surface area (Å²) in [6.45, 7) is 3.27. The van der Waals surface area contributed by atoms with Gasteiger partial charge in [-0.1, -0.05) is 32.6 Å². The Morgan fingerprint density at radius 3 is 2.48 bits per heavy atom. The second-order valence-electron chi connectivity index (χ2n) is 7.86. The van der Waals surface area contributed by atoms with Crippen LogP contribution >= 0.6 is 0 Å². The van der Waals surface area contributed by atoms with Crippen LogP contribution in [-0.4, -0.2) is 53.3 Å². The zero-order valence-electron chi connectivity index (χ0n) is 17.1. The quantitative estimate of drug-likeness (QED) is 0.333. The second-order valence-corrected chi connectivity index (χ2v) is 9.86. The lowest BCUT2D eigenvalue weighted by Gasteiger charge is -2.30. The normalized spacial score (nSPS) is 25.6. The van der Waals surface area contributed by atoms with Crippen molar-refractivity contribution in [3.63, 3.8) is 0 Å². The zero-order chi connectivity index (χ0) is 19.5. The molecule has 0 saturated heterocycles. The summed E-state index contributed by atoms with van der Waals surface area (Å²) in [5.74, 6) is 2.26. The number of guanidine groups is 1. The molecule has 0 radical (unpaired) electrons. The van der Waals surface area contributed by atoms with Gasteiger partial charge in [0, 0.05) is 54.4 Å². The fourth-order valence-electron chi connectivity index (χ4n) is 4.25. The smallest absolute Gasteiger partial charge is 0.220 e. The lowest BCUT2D eigenvalue weighted by atomic mass is 9.87. The molecule has 3 unspecified atom stereocenters. The van der Waals surface area contributed by atoms with E-state index < -0.39 is 10.8 Å². The minimum absolute atomic E-state index is 0.170. The van der Waals surface area contributed by atoms with Crippen molar-refractivity contribution in [2.75, 3.05) is 25.9 Å². The number of aliphatic imine (C=N–C) groups is 1. The van der Waals surface area contributed by atoms with Crippen molar-refractivity contribution in [1.29, 1.82) is 0 Å². The molecule has 0 heterocycles. The Bertz CT molecular complexity index is 506. The van der Waals surface area contributed by atoms with Crippen LogP contribution in [0.5, 0.6) is 0 Å². The molecule has 7 heteroatoms. The third-order valence-corrected chi connectivity index (χ3v) is 7.53. The number of rotatable bonds is 8. The molecule has 6 nitrogen and oxygen atoms in total. The van der Waals surface area contributed by atoms with Gasteiger partial charge >= 0.3 is 0 Å². The predicted molar refractivity (Wildman–Crippen MR) is 113 cm³/mol. The molecule has 3 atom stereocenters. The molecule has 1 amide bonds. The number of nitrogens with one attached hydrogen (secondary N) is 3. The van der Waals surface area contributed by atoms with Gasteiger partial charge in [-0.05, 0) is 38.0 Å². The van der Waals surface area contributed by atoms with Gasteiger partial charge in [0.05, 0.1) is 0 Å². The first-order valence-electron chi connectivity index (χ1n) is 10.7. The summed E-state index contributed by atoms with van der Waals surface area (Å²) in [5, 5.41) is 10.1. The molecule has 27 heavy (non-hydrogen) atoms. The lowest BCUT2D eigenvalue weighted by molar-refractivity contribution is -0.122. The summed E-state index contributed by atoms with van der Waals surface area (Å²) in [7, 11) is 1.05. The lowest BCUT2D eigenvalue weighted by Crippen LogP contribution is -2.48. The van der Waals surface area contributed by atoms with E-state index in [0.29, 0.717) is 36.7 Å². The van der Waals surface area contributed by atoms with Gasteiger partial charge in [-0.25, -0.2) is 0 Å². The van der Waals surface area contributed by atoms with Crippen LogP contribution in [0.15, 0.2) is 4.99 Å². The van der Waals surface area contributed by atoms with E-state index in [1.54, 1.807) is 7.05 Å². The SMILES string of the molecule is CCS(=O)C1CCCC(NC(=NC)NCCNC(=O)CC2CCCCC2)C1. The molecule has 0 spiro atoms. The van der Waals surface area contributed by atoms with Gasteiger partial charge in [0.25, 0.3) is 0 Å². The van der Waals surface area contributed by atoms with E-state index in [-0.39, 0.29) is 5.91 Å². The molecule has 0 aliphatic heterocycles. The molecular weight excluding hydrogens is 360 g/mol. The highest BCUT2D eigenvalue weighted by Gasteiger charge is 2.26. The number of carbonyl (C=O) groups excluding carboxylic acids is 1. The van der Waals surface area contributed by atoms with Crippen LogP contribution in [0.1, 0.15) is 71.1 Å². The molecule has 2 rings (SSSR count). The van der Waals surface area contributed by atoms with Gasteiger partial charge in [0.15, 0.2) is 5.96 Å². The van der Waals surface area contributed by atoms with Gasteiger partial charge < -0.3 is 16.0 Å². The highest BCUT2D eigenvalue weighted by atomic mass is 32.2. The van der Waals surface area contributed by atoms with Gasteiger partial charge in [0.2, 0.25) is 5.91 Å². The first kappa shape index (κ1) is 22.2. The third kappa shape index (κ3) is 8.20. The average molecular weight is 399 g/mol. The fourth-order valence-corrected chi connectivity index (χ4v) is 5.59. The van der Waals surface area contributed by atoms with Crippen molar-refractivity contribution >= 4 is 22.7 Å². The first-order chi connectivity index (χ1) is 13.1. The van der Waals surface area contributed by atoms with Crippen LogP contribution in [0, 0.1) is 5.92 Å². The minimum atomic E-state index is -0.714. The van der Waals surface area contributed by atoms with Crippen LogP contribution < -0.4 is 16.0 Å². The first-order valence-corrected chi connectivity index (χ1v) is 12.1. The largest absolute Gasteiger partial charge is 0.355 e. The van der Waals surface area contributed by atoms with Crippen molar-refractivity contribution in [1.82, 2.24) is 16.0 Å². The monoisotopic (exact) mass is 398 g/mol. The molecule has 3 N–H and O–H groups in total. The van der Waals surface area contributed by atoms with Crippen LogP contribution in [0.3, 0.4) is 0 Å². The maximum atomic E-state index is 12.1. The summed E-state index contributed by atoms with van der Waals surface area (Å²) < 4.78 is 12.1.